The molecule has 1 aliphatic heterocycles. The van der Waals surface area contributed by atoms with Crippen molar-refractivity contribution in [3.8, 4) is 0 Å². The average molecular weight is 416 g/mol. The second-order valence-electron chi connectivity index (χ2n) is 9.19. The summed E-state index contributed by atoms with van der Waals surface area (Å²) in [6.45, 7) is 9.39. The van der Waals surface area contributed by atoms with Crippen LogP contribution < -0.4 is 0 Å². The Hall–Kier alpha value is -2.41. The van der Waals surface area contributed by atoms with Crippen molar-refractivity contribution in [2.24, 2.45) is 0 Å². The van der Waals surface area contributed by atoms with E-state index in [4.69, 9.17) is 0 Å². The Morgan fingerprint density at radius 1 is 0.933 bits per heavy atom. The Bertz CT molecular complexity index is 1010. The van der Waals surface area contributed by atoms with Crippen molar-refractivity contribution in [2.45, 2.75) is 57.8 Å². The van der Waals surface area contributed by atoms with Crippen LogP contribution in [0.2, 0.25) is 0 Å². The zero-order chi connectivity index (χ0) is 21.5. The number of nitrogens with zero attached hydrogens (tertiary/aromatic N) is 4. The van der Waals surface area contributed by atoms with Gasteiger partial charge in [0.15, 0.2) is 0 Å². The molecule has 2 heterocycles. The molecule has 1 aliphatic rings. The van der Waals surface area contributed by atoms with Gasteiger partial charge >= 0.3 is 6.18 Å². The molecule has 2 aromatic carbocycles. The van der Waals surface area contributed by atoms with Crippen molar-refractivity contribution >= 4 is 11.0 Å². The topological polar surface area (TPSA) is 34.0 Å². The predicted octanol–water partition coefficient (Wildman–Crippen LogP) is 5.58. The minimum Gasteiger partial charge on any atom is -0.299 e. The standard InChI is InChI=1S/C23H27F3N4/c1-22(2,3)17-6-4-16(5-7-17)15-29-12-10-19(11-13-29)30-21-9-8-18(23(24,25)26)14-20(21)27-28-30/h4-9,14,19H,10-13,15H2,1-3H3. The molecule has 0 unspecified atom stereocenters. The first-order chi connectivity index (χ1) is 14.1. The van der Waals surface area contributed by atoms with Crippen LogP contribution in [-0.2, 0) is 18.1 Å². The predicted molar refractivity (Wildman–Crippen MR) is 111 cm³/mol. The lowest BCUT2D eigenvalue weighted by Gasteiger charge is -2.32. The van der Waals surface area contributed by atoms with E-state index in [0.29, 0.717) is 11.0 Å². The van der Waals surface area contributed by atoms with Gasteiger partial charge in [-0.25, -0.2) is 4.68 Å². The second-order valence-corrected chi connectivity index (χ2v) is 9.19. The summed E-state index contributed by atoms with van der Waals surface area (Å²) in [7, 11) is 0. The fourth-order valence-electron chi connectivity index (χ4n) is 4.08. The minimum absolute atomic E-state index is 0.151. The summed E-state index contributed by atoms with van der Waals surface area (Å²) in [5.41, 5.74) is 3.06. The number of hydrogen-bond acceptors (Lipinski definition) is 3. The number of fused-ring (bicyclic) bond motifs is 1. The third-order valence-electron chi connectivity index (χ3n) is 5.93. The van der Waals surface area contributed by atoms with Gasteiger partial charge in [-0.05, 0) is 47.6 Å². The SMILES string of the molecule is CC(C)(C)c1ccc(CN2CCC(n3nnc4cc(C(F)(F)F)ccc43)CC2)cc1. The van der Waals surface area contributed by atoms with Gasteiger partial charge in [0.05, 0.1) is 17.1 Å². The molecule has 1 saturated heterocycles. The van der Waals surface area contributed by atoms with Crippen molar-refractivity contribution in [3.05, 3.63) is 59.2 Å². The van der Waals surface area contributed by atoms with E-state index < -0.39 is 11.7 Å². The minimum atomic E-state index is -4.37. The molecule has 160 valence electrons. The van der Waals surface area contributed by atoms with Crippen molar-refractivity contribution in [1.82, 2.24) is 19.9 Å². The van der Waals surface area contributed by atoms with Crippen LogP contribution in [0.25, 0.3) is 11.0 Å². The summed E-state index contributed by atoms with van der Waals surface area (Å²) < 4.78 is 40.6. The molecule has 3 aromatic rings. The molecule has 0 saturated carbocycles. The molecular weight excluding hydrogens is 389 g/mol. The van der Waals surface area contributed by atoms with Gasteiger partial charge < -0.3 is 0 Å². The van der Waals surface area contributed by atoms with Gasteiger partial charge in [-0.15, -0.1) is 5.10 Å². The Morgan fingerprint density at radius 2 is 1.57 bits per heavy atom. The number of rotatable bonds is 3. The lowest BCUT2D eigenvalue weighted by molar-refractivity contribution is -0.137. The zero-order valence-electron chi connectivity index (χ0n) is 17.6. The first-order valence-electron chi connectivity index (χ1n) is 10.4. The van der Waals surface area contributed by atoms with Crippen LogP contribution in [0.1, 0.15) is 56.3 Å². The fraction of sp³-hybridized carbons (Fsp3) is 0.478. The molecule has 1 fully saturated rings. The van der Waals surface area contributed by atoms with Crippen LogP contribution in [-0.4, -0.2) is 33.0 Å². The van der Waals surface area contributed by atoms with Gasteiger partial charge in [0.1, 0.15) is 5.52 Å². The van der Waals surface area contributed by atoms with E-state index in [1.54, 1.807) is 4.68 Å². The normalized spacial score (nSPS) is 17.0. The number of likely N-dealkylation sites (tertiary alicyclic amines) is 1. The molecule has 0 radical (unpaired) electrons. The number of alkyl halides is 3. The molecule has 0 amide bonds. The summed E-state index contributed by atoms with van der Waals surface area (Å²) >= 11 is 0. The maximum atomic E-state index is 12.9. The highest BCUT2D eigenvalue weighted by Crippen LogP contribution is 2.32. The van der Waals surface area contributed by atoms with Crippen LogP contribution in [0.4, 0.5) is 13.2 Å². The molecule has 1 aromatic heterocycles. The highest BCUT2D eigenvalue weighted by Gasteiger charge is 2.31. The van der Waals surface area contributed by atoms with Gasteiger partial charge in [-0.1, -0.05) is 50.3 Å². The average Bonchev–Trinajstić information content (AvgIpc) is 3.11. The highest BCUT2D eigenvalue weighted by molar-refractivity contribution is 5.75. The van der Waals surface area contributed by atoms with Crippen LogP contribution in [0.15, 0.2) is 42.5 Å². The maximum absolute atomic E-state index is 12.9. The van der Waals surface area contributed by atoms with E-state index in [1.165, 1.54) is 17.2 Å². The first kappa shape index (κ1) is 20.8. The first-order valence-corrected chi connectivity index (χ1v) is 10.4. The summed E-state index contributed by atoms with van der Waals surface area (Å²) in [6, 6.07) is 12.7. The summed E-state index contributed by atoms with van der Waals surface area (Å²) in [5.74, 6) is 0. The number of piperidine rings is 1. The van der Waals surface area contributed by atoms with Crippen LogP contribution in [0.5, 0.6) is 0 Å². The van der Waals surface area contributed by atoms with Gasteiger partial charge in [-0.2, -0.15) is 13.2 Å². The molecule has 0 spiro atoms. The quantitative estimate of drug-likeness (QED) is 0.559. The Kier molecular flexibility index (Phi) is 5.34. The van der Waals surface area contributed by atoms with Crippen LogP contribution in [0, 0.1) is 0 Å². The largest absolute Gasteiger partial charge is 0.416 e. The second kappa shape index (κ2) is 7.69. The molecule has 4 rings (SSSR count). The Morgan fingerprint density at radius 3 is 2.17 bits per heavy atom. The number of aromatic nitrogens is 3. The van der Waals surface area contributed by atoms with E-state index >= 15 is 0 Å². The highest BCUT2D eigenvalue weighted by atomic mass is 19.4. The van der Waals surface area contributed by atoms with E-state index in [1.807, 2.05) is 0 Å². The van der Waals surface area contributed by atoms with Crippen LogP contribution in [0.3, 0.4) is 0 Å². The molecule has 0 atom stereocenters. The van der Waals surface area contributed by atoms with Crippen molar-refractivity contribution < 1.29 is 13.2 Å². The monoisotopic (exact) mass is 416 g/mol. The van der Waals surface area contributed by atoms with Gasteiger partial charge in [0.2, 0.25) is 0 Å². The summed E-state index contributed by atoms with van der Waals surface area (Å²) in [6.07, 6.45) is -2.56. The van der Waals surface area contributed by atoms with Crippen LogP contribution >= 0.6 is 0 Å². The molecular formula is C23H27F3N4. The van der Waals surface area contributed by atoms with Crippen molar-refractivity contribution in [2.75, 3.05) is 13.1 Å². The Labute approximate surface area is 174 Å². The van der Waals surface area contributed by atoms with Gasteiger partial charge in [-0.3, -0.25) is 4.90 Å². The number of benzene rings is 2. The lowest BCUT2D eigenvalue weighted by Crippen LogP contribution is -2.34. The van der Waals surface area contributed by atoms with Gasteiger partial charge in [0, 0.05) is 19.6 Å². The molecule has 7 heteroatoms. The molecule has 4 nitrogen and oxygen atoms in total. The van der Waals surface area contributed by atoms with Crippen molar-refractivity contribution in [3.63, 3.8) is 0 Å². The molecule has 0 N–H and O–H groups in total. The third kappa shape index (κ3) is 4.36. The summed E-state index contributed by atoms with van der Waals surface area (Å²) in [5, 5.41) is 8.15. The molecule has 0 aliphatic carbocycles. The van der Waals surface area contributed by atoms with E-state index in [0.717, 1.165) is 44.6 Å². The maximum Gasteiger partial charge on any atom is 0.416 e. The van der Waals surface area contributed by atoms with Gasteiger partial charge in [0.25, 0.3) is 0 Å². The zero-order valence-corrected chi connectivity index (χ0v) is 17.6. The number of halogens is 3. The fourth-order valence-corrected chi connectivity index (χ4v) is 4.08. The third-order valence-corrected chi connectivity index (χ3v) is 5.93. The Balaban J connectivity index is 1.40. The molecule has 0 bridgehead atoms. The summed E-state index contributed by atoms with van der Waals surface area (Å²) in [4.78, 5) is 2.42. The van der Waals surface area contributed by atoms with E-state index in [-0.39, 0.29) is 11.5 Å². The van der Waals surface area contributed by atoms with E-state index in [2.05, 4.69) is 60.2 Å². The van der Waals surface area contributed by atoms with Crippen molar-refractivity contribution in [1.29, 1.82) is 0 Å². The smallest absolute Gasteiger partial charge is 0.299 e. The molecule has 30 heavy (non-hydrogen) atoms. The lowest BCUT2D eigenvalue weighted by atomic mass is 9.86. The van der Waals surface area contributed by atoms with E-state index in [9.17, 15) is 13.2 Å². The number of hydrogen-bond donors (Lipinski definition) is 0.